The van der Waals surface area contributed by atoms with E-state index in [0.717, 1.165) is 11.1 Å². The highest BCUT2D eigenvalue weighted by molar-refractivity contribution is 5.73. The lowest BCUT2D eigenvalue weighted by Crippen LogP contribution is -2.19. The van der Waals surface area contributed by atoms with E-state index in [1.54, 1.807) is 25.1 Å². The summed E-state index contributed by atoms with van der Waals surface area (Å²) in [4.78, 5) is 0. The zero-order valence-electron chi connectivity index (χ0n) is 17.6. The molecule has 0 aliphatic rings. The van der Waals surface area contributed by atoms with E-state index < -0.39 is 5.67 Å². The zero-order chi connectivity index (χ0) is 21.5. The molecule has 0 saturated heterocycles. The van der Waals surface area contributed by atoms with Crippen LogP contribution in [0.2, 0.25) is 0 Å². The summed E-state index contributed by atoms with van der Waals surface area (Å²) in [6.07, 6.45) is 7.44. The maximum atomic E-state index is 14.5. The van der Waals surface area contributed by atoms with Crippen LogP contribution in [0.1, 0.15) is 45.7 Å². The van der Waals surface area contributed by atoms with Gasteiger partial charge in [0.15, 0.2) is 0 Å². The monoisotopic (exact) mass is 383 g/mol. The number of hydrogen-bond acceptors (Lipinski definition) is 1. The summed E-state index contributed by atoms with van der Waals surface area (Å²) in [5.41, 5.74) is 3.14. The van der Waals surface area contributed by atoms with Crippen molar-refractivity contribution in [1.29, 1.82) is 0 Å². The number of rotatable bonds is 9. The lowest BCUT2D eigenvalue weighted by atomic mass is 9.93. The molecule has 3 heteroatoms. The molecule has 0 aromatic heterocycles. The van der Waals surface area contributed by atoms with E-state index in [1.165, 1.54) is 19.9 Å². The third-order valence-corrected chi connectivity index (χ3v) is 4.35. The van der Waals surface area contributed by atoms with Crippen LogP contribution in [0, 0.1) is 5.82 Å². The molecule has 0 saturated carbocycles. The van der Waals surface area contributed by atoms with Gasteiger partial charge < -0.3 is 5.32 Å². The molecule has 150 valence electrons. The van der Waals surface area contributed by atoms with E-state index in [4.69, 9.17) is 0 Å². The molecule has 1 N–H and O–H groups in total. The number of allylic oxidation sites excluding steroid dienone is 8. The van der Waals surface area contributed by atoms with Crippen molar-refractivity contribution in [2.24, 2.45) is 0 Å². The number of hydrogen-bond donors (Lipinski definition) is 1. The van der Waals surface area contributed by atoms with Crippen LogP contribution in [0.25, 0.3) is 5.57 Å². The highest BCUT2D eigenvalue weighted by Gasteiger charge is 2.22. The fraction of sp³-hybridized carbons (Fsp3) is 0.280. The maximum absolute atomic E-state index is 14.5. The summed E-state index contributed by atoms with van der Waals surface area (Å²) < 4.78 is 28.9. The van der Waals surface area contributed by atoms with Crippen molar-refractivity contribution in [3.05, 3.63) is 102 Å². The van der Waals surface area contributed by atoms with Crippen LogP contribution in [0.5, 0.6) is 0 Å². The first-order chi connectivity index (χ1) is 13.0. The Kier molecular flexibility index (Phi) is 8.36. The third-order valence-electron chi connectivity index (χ3n) is 4.35. The van der Waals surface area contributed by atoms with Gasteiger partial charge in [-0.05, 0) is 69.0 Å². The highest BCUT2D eigenvalue weighted by Crippen LogP contribution is 2.27. The normalized spacial score (nSPS) is 13.3. The van der Waals surface area contributed by atoms with E-state index in [1.807, 2.05) is 32.1 Å². The average Bonchev–Trinajstić information content (AvgIpc) is 2.60. The van der Waals surface area contributed by atoms with Gasteiger partial charge in [-0.15, -0.1) is 0 Å². The molecule has 0 amide bonds. The van der Waals surface area contributed by atoms with E-state index in [2.05, 4.69) is 25.1 Å². The molecule has 0 atom stereocenters. The van der Waals surface area contributed by atoms with Gasteiger partial charge in [0.1, 0.15) is 11.5 Å². The van der Waals surface area contributed by atoms with E-state index >= 15 is 0 Å². The maximum Gasteiger partial charge on any atom is 0.130 e. The first-order valence-electron chi connectivity index (χ1n) is 9.29. The molecule has 0 unspecified atom stereocenters. The van der Waals surface area contributed by atoms with E-state index in [0.29, 0.717) is 34.5 Å². The van der Waals surface area contributed by atoms with Crippen molar-refractivity contribution in [3.8, 4) is 0 Å². The van der Waals surface area contributed by atoms with Crippen LogP contribution < -0.4 is 5.32 Å². The van der Waals surface area contributed by atoms with Gasteiger partial charge >= 0.3 is 0 Å². The second kappa shape index (κ2) is 10.0. The predicted octanol–water partition coefficient (Wildman–Crippen LogP) is 7.22. The molecule has 28 heavy (non-hydrogen) atoms. The minimum atomic E-state index is -1.51. The molecule has 1 aromatic carbocycles. The zero-order valence-corrected chi connectivity index (χ0v) is 17.6. The van der Waals surface area contributed by atoms with Crippen molar-refractivity contribution < 1.29 is 8.78 Å². The first-order valence-corrected chi connectivity index (χ1v) is 9.29. The largest absolute Gasteiger partial charge is 0.359 e. The SMILES string of the molecule is C=C/C(=C\C)c1ccc(CC(=C)NC(=C/C)/C=C(\C(=C)C)C(C)(C)F)c(F)c1. The van der Waals surface area contributed by atoms with Gasteiger partial charge in [0.25, 0.3) is 0 Å². The first kappa shape index (κ1) is 23.4. The van der Waals surface area contributed by atoms with Crippen LogP contribution in [-0.2, 0) is 6.42 Å². The Hall–Kier alpha value is -2.68. The summed E-state index contributed by atoms with van der Waals surface area (Å²) in [5.74, 6) is -0.299. The molecule has 0 aliphatic heterocycles. The molecular formula is C25H31F2N. The lowest BCUT2D eigenvalue weighted by molar-refractivity contribution is 0.271. The smallest absolute Gasteiger partial charge is 0.130 e. The Labute approximate surface area is 168 Å². The molecule has 0 heterocycles. The van der Waals surface area contributed by atoms with Gasteiger partial charge in [0, 0.05) is 17.8 Å². The van der Waals surface area contributed by atoms with Crippen LogP contribution in [-0.4, -0.2) is 5.67 Å². The van der Waals surface area contributed by atoms with Gasteiger partial charge in [0.05, 0.1) is 0 Å². The Morgan fingerprint density at radius 1 is 1.18 bits per heavy atom. The quantitative estimate of drug-likeness (QED) is 0.444. The Balaban J connectivity index is 2.99. The second-order valence-corrected chi connectivity index (χ2v) is 7.21. The van der Waals surface area contributed by atoms with Gasteiger partial charge in [0.2, 0.25) is 0 Å². The van der Waals surface area contributed by atoms with Crippen LogP contribution in [0.4, 0.5) is 8.78 Å². The van der Waals surface area contributed by atoms with E-state index in [-0.39, 0.29) is 5.82 Å². The van der Waals surface area contributed by atoms with Crippen molar-refractivity contribution in [3.63, 3.8) is 0 Å². The van der Waals surface area contributed by atoms with Crippen LogP contribution in [0.15, 0.2) is 84.8 Å². The second-order valence-electron chi connectivity index (χ2n) is 7.21. The minimum absolute atomic E-state index is 0.299. The number of halogens is 2. The van der Waals surface area contributed by atoms with Crippen molar-refractivity contribution >= 4 is 5.57 Å². The fourth-order valence-corrected chi connectivity index (χ4v) is 2.90. The minimum Gasteiger partial charge on any atom is -0.359 e. The van der Waals surface area contributed by atoms with Gasteiger partial charge in [-0.25, -0.2) is 8.78 Å². The molecule has 0 spiro atoms. The topological polar surface area (TPSA) is 12.0 Å². The fourth-order valence-electron chi connectivity index (χ4n) is 2.90. The summed E-state index contributed by atoms with van der Waals surface area (Å²) in [6, 6.07) is 5.12. The van der Waals surface area contributed by atoms with Crippen molar-refractivity contribution in [1.82, 2.24) is 5.32 Å². The Morgan fingerprint density at radius 3 is 2.25 bits per heavy atom. The summed E-state index contributed by atoms with van der Waals surface area (Å²) in [7, 11) is 0. The number of benzene rings is 1. The Bertz CT molecular complexity index is 846. The molecule has 0 radical (unpaired) electrons. The third kappa shape index (κ3) is 6.49. The van der Waals surface area contributed by atoms with Crippen molar-refractivity contribution in [2.75, 3.05) is 0 Å². The molecule has 0 aliphatic carbocycles. The molecule has 0 bridgehead atoms. The highest BCUT2D eigenvalue weighted by atomic mass is 19.1. The molecule has 0 fully saturated rings. The molecular weight excluding hydrogens is 352 g/mol. The average molecular weight is 384 g/mol. The van der Waals surface area contributed by atoms with Gasteiger partial charge in [-0.1, -0.05) is 55.7 Å². The molecule has 1 aromatic rings. The summed E-state index contributed by atoms with van der Waals surface area (Å²) >= 11 is 0. The molecule has 1 nitrogen and oxygen atoms in total. The Morgan fingerprint density at radius 2 is 1.82 bits per heavy atom. The number of alkyl halides is 1. The predicted molar refractivity (Wildman–Crippen MR) is 118 cm³/mol. The standard InChI is InChI=1S/C25H31F2N/c1-9-19(10-2)20-12-13-21(24(26)15-20)14-18(6)28-22(11-3)16-23(17(4)5)25(7,8)27/h9-13,15-16,28H,1,4,6,14H2,2-3,5,7-8H3/b19-10+,22-11+,23-16+. The van der Waals surface area contributed by atoms with E-state index in [9.17, 15) is 8.78 Å². The van der Waals surface area contributed by atoms with Gasteiger partial charge in [-0.2, -0.15) is 0 Å². The summed E-state index contributed by atoms with van der Waals surface area (Å²) in [6.45, 7) is 20.1. The number of nitrogens with one attached hydrogen (secondary N) is 1. The van der Waals surface area contributed by atoms with Crippen LogP contribution >= 0.6 is 0 Å². The lowest BCUT2D eigenvalue weighted by Gasteiger charge is -2.21. The van der Waals surface area contributed by atoms with Crippen molar-refractivity contribution in [2.45, 2.75) is 46.7 Å². The van der Waals surface area contributed by atoms with Gasteiger partial charge in [-0.3, -0.25) is 0 Å². The molecule has 1 rings (SSSR count). The summed E-state index contributed by atoms with van der Waals surface area (Å²) in [5, 5.41) is 3.15. The van der Waals surface area contributed by atoms with Crippen LogP contribution in [0.3, 0.4) is 0 Å².